The summed E-state index contributed by atoms with van der Waals surface area (Å²) in [7, 11) is 1.35. The van der Waals surface area contributed by atoms with Crippen LogP contribution in [0.4, 0.5) is 0 Å². The van der Waals surface area contributed by atoms with E-state index in [0.717, 1.165) is 12.0 Å². The van der Waals surface area contributed by atoms with Crippen molar-refractivity contribution in [2.24, 2.45) is 0 Å². The van der Waals surface area contributed by atoms with Crippen molar-refractivity contribution in [3.63, 3.8) is 0 Å². The highest BCUT2D eigenvalue weighted by molar-refractivity contribution is 5.89. The number of esters is 1. The molecule has 1 aromatic carbocycles. The van der Waals surface area contributed by atoms with Gasteiger partial charge in [-0.25, -0.2) is 4.79 Å². The Balaban J connectivity index is 1.90. The van der Waals surface area contributed by atoms with Crippen LogP contribution < -0.4 is 5.56 Å². The van der Waals surface area contributed by atoms with E-state index in [0.29, 0.717) is 18.5 Å². The first kappa shape index (κ1) is 15.6. The fourth-order valence-corrected chi connectivity index (χ4v) is 1.99. The number of carbonyl (C=O) groups excluding carboxylic acids is 1. The fraction of sp³-hybridized carbons (Fsp3) is 0.222. The number of aromatic nitrogens is 1. The number of carbonyl (C=O) groups is 1. The van der Waals surface area contributed by atoms with Crippen molar-refractivity contribution in [3.05, 3.63) is 70.1 Å². The Labute approximate surface area is 129 Å². The number of hydrogen-bond donors (Lipinski definition) is 0. The molecule has 0 N–H and O–H groups in total. The lowest BCUT2D eigenvalue weighted by atomic mass is 10.1. The Morgan fingerprint density at radius 3 is 2.86 bits per heavy atom. The van der Waals surface area contributed by atoms with Crippen LogP contribution in [-0.4, -0.2) is 17.6 Å². The molecule has 0 unspecified atom stereocenters. The summed E-state index contributed by atoms with van der Waals surface area (Å²) in [4.78, 5) is 22.9. The number of methoxy groups -OCH3 is 1. The van der Waals surface area contributed by atoms with E-state index in [4.69, 9.17) is 0 Å². The average Bonchev–Trinajstić information content (AvgIpc) is 2.55. The van der Waals surface area contributed by atoms with Gasteiger partial charge in [0.2, 0.25) is 5.56 Å². The number of hydrogen-bond acceptors (Lipinski definition) is 3. The molecule has 2 aromatic rings. The molecule has 2 rings (SSSR count). The molecule has 1 heterocycles. The van der Waals surface area contributed by atoms with E-state index in [-0.39, 0.29) is 11.5 Å². The first-order valence-corrected chi connectivity index (χ1v) is 7.03. The average molecular weight is 295 g/mol. The number of ether oxygens (including phenoxy) is 1. The van der Waals surface area contributed by atoms with E-state index in [2.05, 4.69) is 16.6 Å². The molecule has 0 atom stereocenters. The van der Waals surface area contributed by atoms with Crippen LogP contribution in [0.2, 0.25) is 0 Å². The smallest absolute Gasteiger partial charge is 0.337 e. The van der Waals surface area contributed by atoms with Gasteiger partial charge in [0, 0.05) is 30.8 Å². The molecule has 0 aliphatic heterocycles. The molecular weight excluding hydrogens is 278 g/mol. The summed E-state index contributed by atoms with van der Waals surface area (Å²) in [6, 6.07) is 12.1. The van der Waals surface area contributed by atoms with Gasteiger partial charge in [0.25, 0.3) is 0 Å². The Morgan fingerprint density at radius 1 is 1.23 bits per heavy atom. The number of nitrogens with zero attached hydrogens (tertiary/aromatic N) is 1. The lowest BCUT2D eigenvalue weighted by Crippen LogP contribution is -2.17. The maximum absolute atomic E-state index is 11.5. The maximum Gasteiger partial charge on any atom is 0.337 e. The van der Waals surface area contributed by atoms with Crippen molar-refractivity contribution in [2.75, 3.05) is 7.11 Å². The van der Waals surface area contributed by atoms with Crippen LogP contribution in [0.15, 0.2) is 53.5 Å². The van der Waals surface area contributed by atoms with Crippen LogP contribution in [0.25, 0.3) is 0 Å². The second kappa shape index (κ2) is 7.84. The fourth-order valence-electron chi connectivity index (χ4n) is 1.99. The Morgan fingerprint density at radius 2 is 2.09 bits per heavy atom. The van der Waals surface area contributed by atoms with Crippen LogP contribution in [0.5, 0.6) is 0 Å². The summed E-state index contributed by atoms with van der Waals surface area (Å²) >= 11 is 0. The Bertz CT molecular complexity index is 765. The van der Waals surface area contributed by atoms with E-state index in [9.17, 15) is 9.59 Å². The minimum Gasteiger partial charge on any atom is -0.465 e. The summed E-state index contributed by atoms with van der Waals surface area (Å²) in [5.41, 5.74) is 1.27. The molecule has 0 aliphatic rings. The van der Waals surface area contributed by atoms with Gasteiger partial charge in [-0.2, -0.15) is 0 Å². The molecule has 4 nitrogen and oxygen atoms in total. The van der Waals surface area contributed by atoms with Crippen molar-refractivity contribution in [1.29, 1.82) is 0 Å². The highest BCUT2D eigenvalue weighted by atomic mass is 16.5. The standard InChI is InChI=1S/C18H17NO3/c1-22-18(21)16-10-7-9-15(14-16)8-3-2-5-12-19-13-6-4-11-17(19)20/h4,6-7,9-11,13-14H,2,5,12H2,1H3. The van der Waals surface area contributed by atoms with Crippen molar-refractivity contribution in [1.82, 2.24) is 4.57 Å². The van der Waals surface area contributed by atoms with E-state index in [1.807, 2.05) is 12.1 Å². The van der Waals surface area contributed by atoms with Crippen LogP contribution in [0.1, 0.15) is 28.8 Å². The topological polar surface area (TPSA) is 48.3 Å². The lowest BCUT2D eigenvalue weighted by Gasteiger charge is -2.01. The number of aryl methyl sites for hydroxylation is 1. The van der Waals surface area contributed by atoms with E-state index in [1.165, 1.54) is 7.11 Å². The van der Waals surface area contributed by atoms with E-state index < -0.39 is 0 Å². The van der Waals surface area contributed by atoms with Gasteiger partial charge in [-0.15, -0.1) is 0 Å². The molecule has 0 aliphatic carbocycles. The quantitative estimate of drug-likeness (QED) is 0.494. The van der Waals surface area contributed by atoms with Crippen LogP contribution in [0.3, 0.4) is 0 Å². The SMILES string of the molecule is COC(=O)c1cccc(C#CCCCn2ccccc2=O)c1. The first-order chi connectivity index (χ1) is 10.7. The highest BCUT2D eigenvalue weighted by Gasteiger charge is 2.03. The second-order valence-electron chi connectivity index (χ2n) is 4.71. The zero-order chi connectivity index (χ0) is 15.8. The monoisotopic (exact) mass is 295 g/mol. The van der Waals surface area contributed by atoms with Crippen LogP contribution >= 0.6 is 0 Å². The van der Waals surface area contributed by atoms with Gasteiger partial charge in [-0.3, -0.25) is 4.79 Å². The van der Waals surface area contributed by atoms with Gasteiger partial charge < -0.3 is 9.30 Å². The molecule has 112 valence electrons. The third-order valence-corrected chi connectivity index (χ3v) is 3.12. The zero-order valence-corrected chi connectivity index (χ0v) is 12.4. The predicted molar refractivity (Wildman–Crippen MR) is 84.6 cm³/mol. The van der Waals surface area contributed by atoms with Crippen LogP contribution in [-0.2, 0) is 11.3 Å². The Kier molecular flexibility index (Phi) is 5.56. The molecule has 0 amide bonds. The summed E-state index contributed by atoms with van der Waals surface area (Å²) < 4.78 is 6.34. The molecule has 0 spiro atoms. The van der Waals surface area contributed by atoms with Crippen molar-refractivity contribution in [2.45, 2.75) is 19.4 Å². The molecule has 0 saturated carbocycles. The molecule has 0 bridgehead atoms. The van der Waals surface area contributed by atoms with E-state index in [1.54, 1.807) is 41.1 Å². The molecule has 4 heteroatoms. The second-order valence-corrected chi connectivity index (χ2v) is 4.71. The zero-order valence-electron chi connectivity index (χ0n) is 12.4. The summed E-state index contributed by atoms with van der Waals surface area (Å²) in [5.74, 6) is 5.71. The maximum atomic E-state index is 11.5. The predicted octanol–water partition coefficient (Wildman–Crippen LogP) is 2.47. The minimum atomic E-state index is -0.368. The lowest BCUT2D eigenvalue weighted by molar-refractivity contribution is 0.0600. The Hall–Kier alpha value is -2.80. The minimum absolute atomic E-state index is 0.00115. The molecule has 22 heavy (non-hydrogen) atoms. The summed E-state index contributed by atoms with van der Waals surface area (Å²) in [5, 5.41) is 0. The van der Waals surface area contributed by atoms with Crippen molar-refractivity contribution >= 4 is 5.97 Å². The molecule has 1 aromatic heterocycles. The normalized spacial score (nSPS) is 9.68. The molecule has 0 radical (unpaired) electrons. The number of benzene rings is 1. The molecule has 0 fully saturated rings. The number of unbranched alkanes of at least 4 members (excludes halogenated alkanes) is 1. The summed E-state index contributed by atoms with van der Waals surface area (Å²) in [6.45, 7) is 0.649. The third kappa shape index (κ3) is 4.35. The number of rotatable bonds is 4. The van der Waals surface area contributed by atoms with E-state index >= 15 is 0 Å². The van der Waals surface area contributed by atoms with Gasteiger partial charge in [0.15, 0.2) is 0 Å². The summed E-state index contributed by atoms with van der Waals surface area (Å²) in [6.07, 6.45) is 3.26. The highest BCUT2D eigenvalue weighted by Crippen LogP contribution is 2.05. The van der Waals surface area contributed by atoms with Gasteiger partial charge in [0.05, 0.1) is 12.7 Å². The molecular formula is C18H17NO3. The third-order valence-electron chi connectivity index (χ3n) is 3.12. The largest absolute Gasteiger partial charge is 0.465 e. The van der Waals surface area contributed by atoms with Gasteiger partial charge in [0.1, 0.15) is 0 Å². The van der Waals surface area contributed by atoms with Gasteiger partial charge >= 0.3 is 5.97 Å². The van der Waals surface area contributed by atoms with Crippen molar-refractivity contribution in [3.8, 4) is 11.8 Å². The first-order valence-electron chi connectivity index (χ1n) is 7.03. The number of pyridine rings is 1. The van der Waals surface area contributed by atoms with Crippen LogP contribution in [0, 0.1) is 11.8 Å². The van der Waals surface area contributed by atoms with Crippen molar-refractivity contribution < 1.29 is 9.53 Å². The van der Waals surface area contributed by atoms with Gasteiger partial charge in [-0.1, -0.05) is 24.0 Å². The van der Waals surface area contributed by atoms with Gasteiger partial charge in [-0.05, 0) is 30.7 Å². The molecule has 0 saturated heterocycles.